The lowest BCUT2D eigenvalue weighted by atomic mass is 10.1. The van der Waals surface area contributed by atoms with Gasteiger partial charge in [-0.25, -0.2) is 0 Å². The SMILES string of the molecule is COc1ccc(OCCn2ccc(=O)c(OCC(=O)NC(C)c3ccccc3)c2C)cc1. The molecule has 7 nitrogen and oxygen atoms in total. The molecule has 0 aliphatic rings. The molecule has 0 aliphatic carbocycles. The summed E-state index contributed by atoms with van der Waals surface area (Å²) in [5, 5.41) is 2.88. The third-order valence-corrected chi connectivity index (χ3v) is 5.07. The average Bonchev–Trinajstić information content (AvgIpc) is 2.81. The van der Waals surface area contributed by atoms with Gasteiger partial charge in [-0.3, -0.25) is 9.59 Å². The van der Waals surface area contributed by atoms with Crippen LogP contribution in [0.15, 0.2) is 71.7 Å². The maximum Gasteiger partial charge on any atom is 0.258 e. The van der Waals surface area contributed by atoms with Gasteiger partial charge in [-0.1, -0.05) is 30.3 Å². The zero-order valence-corrected chi connectivity index (χ0v) is 18.5. The van der Waals surface area contributed by atoms with E-state index in [1.807, 2.05) is 66.1 Å². The molecule has 0 aliphatic heterocycles. The van der Waals surface area contributed by atoms with Gasteiger partial charge in [0.2, 0.25) is 5.43 Å². The number of ether oxygens (including phenoxy) is 3. The first kappa shape index (κ1) is 22.9. The van der Waals surface area contributed by atoms with Crippen molar-refractivity contribution in [1.29, 1.82) is 0 Å². The Morgan fingerprint density at radius 2 is 1.69 bits per heavy atom. The highest BCUT2D eigenvalue weighted by Crippen LogP contribution is 2.17. The maximum atomic E-state index is 12.3. The number of hydrogen-bond acceptors (Lipinski definition) is 5. The number of rotatable bonds is 10. The number of nitrogens with one attached hydrogen (secondary N) is 1. The van der Waals surface area contributed by atoms with E-state index in [2.05, 4.69) is 5.32 Å². The Labute approximate surface area is 187 Å². The number of benzene rings is 2. The van der Waals surface area contributed by atoms with Crippen molar-refractivity contribution in [3.63, 3.8) is 0 Å². The number of carbonyl (C=O) groups is 1. The van der Waals surface area contributed by atoms with Crippen LogP contribution in [-0.2, 0) is 11.3 Å². The molecular formula is C25H28N2O5. The predicted molar refractivity (Wildman–Crippen MR) is 122 cm³/mol. The number of carbonyl (C=O) groups excluding carboxylic acids is 1. The minimum Gasteiger partial charge on any atom is -0.497 e. The molecule has 0 saturated heterocycles. The van der Waals surface area contributed by atoms with E-state index in [-0.39, 0.29) is 29.7 Å². The molecule has 1 heterocycles. The quantitative estimate of drug-likeness (QED) is 0.526. The van der Waals surface area contributed by atoms with Gasteiger partial charge in [0, 0.05) is 12.3 Å². The first-order valence-corrected chi connectivity index (χ1v) is 10.4. The third-order valence-electron chi connectivity index (χ3n) is 5.07. The van der Waals surface area contributed by atoms with Gasteiger partial charge in [-0.2, -0.15) is 0 Å². The van der Waals surface area contributed by atoms with Gasteiger partial charge in [0.15, 0.2) is 12.4 Å². The Morgan fingerprint density at radius 1 is 1.00 bits per heavy atom. The third kappa shape index (κ3) is 6.14. The molecule has 0 fully saturated rings. The Hall–Kier alpha value is -3.74. The number of pyridine rings is 1. The zero-order valence-electron chi connectivity index (χ0n) is 18.5. The van der Waals surface area contributed by atoms with E-state index in [0.29, 0.717) is 18.8 Å². The van der Waals surface area contributed by atoms with Gasteiger partial charge < -0.3 is 24.1 Å². The molecule has 1 amide bonds. The lowest BCUT2D eigenvalue weighted by Gasteiger charge is -2.17. The number of aromatic nitrogens is 1. The predicted octanol–water partition coefficient (Wildman–Crippen LogP) is 3.50. The fraction of sp³-hybridized carbons (Fsp3) is 0.280. The normalized spacial score (nSPS) is 11.5. The summed E-state index contributed by atoms with van der Waals surface area (Å²) < 4.78 is 18.4. The molecule has 0 spiro atoms. The molecule has 1 unspecified atom stereocenters. The first-order valence-electron chi connectivity index (χ1n) is 10.4. The van der Waals surface area contributed by atoms with Gasteiger partial charge >= 0.3 is 0 Å². The molecule has 2 aromatic carbocycles. The zero-order chi connectivity index (χ0) is 22.9. The van der Waals surface area contributed by atoms with Crippen molar-refractivity contribution in [2.75, 3.05) is 20.3 Å². The summed E-state index contributed by atoms with van der Waals surface area (Å²) >= 11 is 0. The van der Waals surface area contributed by atoms with Crippen LogP contribution < -0.4 is 25.0 Å². The van der Waals surface area contributed by atoms with Gasteiger partial charge in [-0.05, 0) is 43.7 Å². The molecule has 0 radical (unpaired) electrons. The minimum absolute atomic E-state index is 0.157. The van der Waals surface area contributed by atoms with Crippen LogP contribution in [-0.4, -0.2) is 30.8 Å². The lowest BCUT2D eigenvalue weighted by molar-refractivity contribution is -0.123. The van der Waals surface area contributed by atoms with Crippen molar-refractivity contribution >= 4 is 5.91 Å². The van der Waals surface area contributed by atoms with Crippen LogP contribution >= 0.6 is 0 Å². The first-order chi connectivity index (χ1) is 15.5. The summed E-state index contributed by atoms with van der Waals surface area (Å²) in [6, 6.07) is 18.3. The maximum absolute atomic E-state index is 12.3. The summed E-state index contributed by atoms with van der Waals surface area (Å²) in [7, 11) is 1.61. The van der Waals surface area contributed by atoms with E-state index in [1.54, 1.807) is 20.2 Å². The highest BCUT2D eigenvalue weighted by atomic mass is 16.5. The van der Waals surface area contributed by atoms with Crippen LogP contribution in [0.3, 0.4) is 0 Å². The second-order valence-electron chi connectivity index (χ2n) is 7.30. The van der Waals surface area contributed by atoms with Crippen molar-refractivity contribution in [3.8, 4) is 17.2 Å². The molecule has 7 heteroatoms. The van der Waals surface area contributed by atoms with Crippen LogP contribution in [0.2, 0.25) is 0 Å². The van der Waals surface area contributed by atoms with E-state index < -0.39 is 0 Å². The number of nitrogens with zero attached hydrogens (tertiary/aromatic N) is 1. The summed E-state index contributed by atoms with van der Waals surface area (Å²) in [5.41, 5.74) is 1.37. The largest absolute Gasteiger partial charge is 0.497 e. The molecule has 168 valence electrons. The van der Waals surface area contributed by atoms with Crippen molar-refractivity contribution in [3.05, 3.63) is 88.3 Å². The monoisotopic (exact) mass is 436 g/mol. The number of hydrogen-bond donors (Lipinski definition) is 1. The highest BCUT2D eigenvalue weighted by molar-refractivity contribution is 5.78. The number of methoxy groups -OCH3 is 1. The topological polar surface area (TPSA) is 78.8 Å². The van der Waals surface area contributed by atoms with Gasteiger partial charge in [0.1, 0.15) is 18.1 Å². The van der Waals surface area contributed by atoms with Crippen molar-refractivity contribution in [1.82, 2.24) is 9.88 Å². The second-order valence-corrected chi connectivity index (χ2v) is 7.30. The standard InChI is InChI=1S/C25H28N2O5/c1-18(20-7-5-4-6-8-20)26-24(29)17-32-25-19(2)27(14-13-23(25)28)15-16-31-22-11-9-21(30-3)10-12-22/h4-14,18H,15-17H2,1-3H3,(H,26,29). The van der Waals surface area contributed by atoms with Crippen molar-refractivity contribution in [2.45, 2.75) is 26.4 Å². The van der Waals surface area contributed by atoms with Crippen LogP contribution in [0, 0.1) is 6.92 Å². The molecule has 3 rings (SSSR count). The van der Waals surface area contributed by atoms with E-state index in [4.69, 9.17) is 14.2 Å². The van der Waals surface area contributed by atoms with Crippen molar-refractivity contribution in [2.24, 2.45) is 0 Å². The van der Waals surface area contributed by atoms with Gasteiger partial charge in [0.05, 0.1) is 25.4 Å². The molecule has 32 heavy (non-hydrogen) atoms. The molecular weight excluding hydrogens is 408 g/mol. The minimum atomic E-state index is -0.293. The van der Waals surface area contributed by atoms with Crippen molar-refractivity contribution < 1.29 is 19.0 Å². The summed E-state index contributed by atoms with van der Waals surface area (Å²) in [5.74, 6) is 1.36. The molecule has 0 bridgehead atoms. The Balaban J connectivity index is 1.55. The van der Waals surface area contributed by atoms with E-state index >= 15 is 0 Å². The van der Waals surface area contributed by atoms with E-state index in [0.717, 1.165) is 17.1 Å². The summed E-state index contributed by atoms with van der Waals surface area (Å²) in [6.45, 7) is 4.38. The average molecular weight is 437 g/mol. The van der Waals surface area contributed by atoms with Crippen LogP contribution in [0.25, 0.3) is 0 Å². The molecule has 1 aromatic heterocycles. The molecule has 1 N–H and O–H groups in total. The smallest absolute Gasteiger partial charge is 0.258 e. The van der Waals surface area contributed by atoms with Crippen LogP contribution in [0.4, 0.5) is 0 Å². The Morgan fingerprint density at radius 3 is 2.38 bits per heavy atom. The van der Waals surface area contributed by atoms with Crippen LogP contribution in [0.5, 0.6) is 17.2 Å². The van der Waals surface area contributed by atoms with Gasteiger partial charge in [-0.15, -0.1) is 0 Å². The fourth-order valence-electron chi connectivity index (χ4n) is 3.25. The van der Waals surface area contributed by atoms with Gasteiger partial charge in [0.25, 0.3) is 5.91 Å². The molecule has 3 aromatic rings. The van der Waals surface area contributed by atoms with Crippen LogP contribution in [0.1, 0.15) is 24.2 Å². The summed E-state index contributed by atoms with van der Waals surface area (Å²) in [4.78, 5) is 24.6. The Bertz CT molecular complexity index is 1080. The van der Waals surface area contributed by atoms with E-state index in [1.165, 1.54) is 6.07 Å². The fourth-order valence-corrected chi connectivity index (χ4v) is 3.25. The molecule has 0 saturated carbocycles. The highest BCUT2D eigenvalue weighted by Gasteiger charge is 2.13. The second kappa shape index (κ2) is 11.0. The molecule has 1 atom stereocenters. The number of amides is 1. The Kier molecular flexibility index (Phi) is 7.91. The van der Waals surface area contributed by atoms with E-state index in [9.17, 15) is 9.59 Å². The summed E-state index contributed by atoms with van der Waals surface area (Å²) in [6.07, 6.45) is 1.69. The lowest BCUT2D eigenvalue weighted by Crippen LogP contribution is -2.32.